The Morgan fingerprint density at radius 1 is 0.816 bits per heavy atom. The number of para-hydroxylation sites is 2. The predicted molar refractivity (Wildman–Crippen MR) is 203 cm³/mol. The molecule has 5 aromatic carbocycles. The van der Waals surface area contributed by atoms with Gasteiger partial charge in [-0.05, 0) is 65.8 Å². The Morgan fingerprint density at radius 2 is 1.57 bits per heavy atom. The molecular weight excluding hydrogens is 795 g/mol. The molecule has 0 aliphatic carbocycles. The maximum Gasteiger partial charge on any atom is 0.0774 e. The summed E-state index contributed by atoms with van der Waals surface area (Å²) in [6.07, 6.45) is -0.116. The standard InChI is InChI=1S/C31H25N2S.C13H12N.Ir/c1-21(2)18-22-12-17-30-26(19-22)27(20-34-30)31-32-28-10-6-7-11-29(28)33(31)25-15-13-24(14-16-25)23-8-4-3-5-9-23;1-10-3-6-12(7-4-10)13-8-5-11(2)9-14-13;/h3-17,19,21H,18H2,1-2H3;3-6,8-9H,1-2H3;/q2*-1;/i18D2;1D3,2D3;. The number of fused-ring (bicyclic) bond motifs is 2. The molecule has 0 N–H and O–H groups in total. The van der Waals surface area contributed by atoms with Gasteiger partial charge in [-0.2, -0.15) is 0 Å². The zero-order valence-corrected chi connectivity index (χ0v) is 30.1. The van der Waals surface area contributed by atoms with Crippen molar-refractivity contribution in [1.82, 2.24) is 14.5 Å². The van der Waals surface area contributed by atoms with E-state index in [-0.39, 0.29) is 37.2 Å². The van der Waals surface area contributed by atoms with Crippen molar-refractivity contribution in [3.63, 3.8) is 0 Å². The van der Waals surface area contributed by atoms with Crippen LogP contribution in [0.5, 0.6) is 0 Å². The van der Waals surface area contributed by atoms with E-state index in [2.05, 4.69) is 75.6 Å². The fourth-order valence-electron chi connectivity index (χ4n) is 5.59. The first kappa shape index (κ1) is 25.3. The van der Waals surface area contributed by atoms with E-state index in [1.807, 2.05) is 56.3 Å². The third kappa shape index (κ3) is 7.65. The summed E-state index contributed by atoms with van der Waals surface area (Å²) in [4.78, 5) is 9.11. The summed E-state index contributed by atoms with van der Waals surface area (Å²) in [5.74, 6) is 0.686. The van der Waals surface area contributed by atoms with Gasteiger partial charge < -0.3 is 9.55 Å². The fraction of sp³-hybridized carbons (Fsp3) is 0.136. The minimum absolute atomic E-state index is 0. The van der Waals surface area contributed by atoms with Gasteiger partial charge in [0.15, 0.2) is 0 Å². The van der Waals surface area contributed by atoms with Crippen molar-refractivity contribution in [2.24, 2.45) is 5.92 Å². The van der Waals surface area contributed by atoms with E-state index in [1.165, 1.54) is 35.5 Å². The molecule has 0 spiro atoms. The summed E-state index contributed by atoms with van der Waals surface area (Å²) >= 11 is 1.55. The molecule has 0 amide bonds. The van der Waals surface area contributed by atoms with E-state index in [0.29, 0.717) is 16.8 Å². The number of thiophene rings is 1. The molecule has 8 rings (SSSR count). The van der Waals surface area contributed by atoms with Crippen LogP contribution in [0.15, 0.2) is 134 Å². The first-order valence-corrected chi connectivity index (χ1v) is 16.5. The number of imidazole rings is 1. The van der Waals surface area contributed by atoms with Gasteiger partial charge in [0.05, 0.1) is 16.9 Å². The van der Waals surface area contributed by atoms with Crippen LogP contribution in [0.4, 0.5) is 0 Å². The van der Waals surface area contributed by atoms with Crippen LogP contribution < -0.4 is 0 Å². The van der Waals surface area contributed by atoms with Gasteiger partial charge in [-0.3, -0.25) is 16.3 Å². The Bertz CT molecular complexity index is 2540. The van der Waals surface area contributed by atoms with E-state index in [4.69, 9.17) is 16.0 Å². The number of pyridine rings is 1. The number of hydrogen-bond acceptors (Lipinski definition) is 3. The molecule has 1 radical (unpaired) electrons. The third-order valence-corrected chi connectivity index (χ3v) is 8.72. The van der Waals surface area contributed by atoms with E-state index in [9.17, 15) is 0 Å². The van der Waals surface area contributed by atoms with Crippen molar-refractivity contribution in [3.05, 3.63) is 162 Å². The second-order valence-electron chi connectivity index (χ2n) is 11.7. The Kier molecular flexibility index (Phi) is 7.89. The smallest absolute Gasteiger partial charge is 0.0774 e. The van der Waals surface area contributed by atoms with Crippen molar-refractivity contribution >= 4 is 32.5 Å². The summed E-state index contributed by atoms with van der Waals surface area (Å²) in [5, 5.41) is 4.47. The first-order chi connectivity index (χ1) is 26.6. The molecule has 0 saturated heterocycles. The Hall–Kier alpha value is -4.67. The van der Waals surface area contributed by atoms with Gasteiger partial charge in [0.2, 0.25) is 0 Å². The van der Waals surface area contributed by atoms with Gasteiger partial charge in [0, 0.05) is 43.0 Å². The maximum atomic E-state index is 8.62. The van der Waals surface area contributed by atoms with Crippen LogP contribution in [0, 0.1) is 31.1 Å². The van der Waals surface area contributed by atoms with Crippen LogP contribution in [-0.2, 0) is 26.5 Å². The first-order valence-electron chi connectivity index (χ1n) is 19.7. The molecule has 0 unspecified atom stereocenters. The molecule has 0 fully saturated rings. The molecule has 0 aliphatic rings. The zero-order valence-electron chi connectivity index (χ0n) is 34.9. The molecule has 3 aromatic heterocycles. The molecule has 245 valence electrons. The monoisotopic (exact) mass is 840 g/mol. The van der Waals surface area contributed by atoms with E-state index < -0.39 is 20.1 Å². The third-order valence-electron chi connectivity index (χ3n) is 7.84. The van der Waals surface area contributed by atoms with Crippen LogP contribution in [0.3, 0.4) is 0 Å². The summed E-state index contributed by atoms with van der Waals surface area (Å²) < 4.78 is 64.1. The number of aryl methyl sites for hydroxylation is 2. The molecule has 3 nitrogen and oxygen atoms in total. The molecule has 0 bridgehead atoms. The zero-order chi connectivity index (χ0) is 39.8. The molecule has 3 heterocycles. The average Bonchev–Trinajstić information content (AvgIpc) is 3.79. The van der Waals surface area contributed by atoms with Crippen LogP contribution in [0.25, 0.3) is 60.6 Å². The summed E-state index contributed by atoms with van der Waals surface area (Å²) in [7, 11) is 0. The van der Waals surface area contributed by atoms with Crippen LogP contribution in [-0.4, -0.2) is 14.5 Å². The minimum atomic E-state index is -2.18. The van der Waals surface area contributed by atoms with Gasteiger partial charge >= 0.3 is 0 Å². The van der Waals surface area contributed by atoms with E-state index in [1.54, 1.807) is 23.5 Å². The maximum absolute atomic E-state index is 8.62. The quantitative estimate of drug-likeness (QED) is 0.156. The van der Waals surface area contributed by atoms with Gasteiger partial charge in [-0.1, -0.05) is 121 Å². The minimum Gasteiger partial charge on any atom is -0.333 e. The summed E-state index contributed by atoms with van der Waals surface area (Å²) in [6.45, 7) is -0.499. The number of rotatable bonds is 6. The predicted octanol–water partition coefficient (Wildman–Crippen LogP) is 11.7. The van der Waals surface area contributed by atoms with Crippen LogP contribution in [0.2, 0.25) is 0 Å². The number of nitrogens with zero attached hydrogens (tertiary/aromatic N) is 3. The van der Waals surface area contributed by atoms with Crippen LogP contribution >= 0.6 is 11.3 Å². The van der Waals surface area contributed by atoms with Gasteiger partial charge in [0.1, 0.15) is 0 Å². The second kappa shape index (κ2) is 15.3. The molecule has 0 atom stereocenters. The van der Waals surface area contributed by atoms with Gasteiger partial charge in [-0.25, -0.2) is 0 Å². The van der Waals surface area contributed by atoms with Crippen molar-refractivity contribution < 1.29 is 31.1 Å². The summed E-state index contributed by atoms with van der Waals surface area (Å²) in [5.41, 5.74) is 8.46. The van der Waals surface area contributed by atoms with Crippen molar-refractivity contribution in [1.29, 1.82) is 0 Å². The van der Waals surface area contributed by atoms with Crippen LogP contribution in [0.1, 0.15) is 41.5 Å². The molecule has 8 aromatic rings. The molecule has 0 aliphatic heterocycles. The molecule has 49 heavy (non-hydrogen) atoms. The fourth-order valence-corrected chi connectivity index (χ4v) is 6.41. The molecule has 0 saturated carbocycles. The van der Waals surface area contributed by atoms with E-state index in [0.717, 1.165) is 38.2 Å². The second-order valence-corrected chi connectivity index (χ2v) is 12.5. The Morgan fingerprint density at radius 3 is 2.29 bits per heavy atom. The normalized spacial score (nSPS) is 14.2. The molecular formula is C44H37IrN3S-2. The number of aromatic nitrogens is 3. The Labute approximate surface area is 317 Å². The topological polar surface area (TPSA) is 30.7 Å². The van der Waals surface area contributed by atoms with Crippen molar-refractivity contribution in [3.8, 4) is 39.5 Å². The number of benzene rings is 5. The van der Waals surface area contributed by atoms with Gasteiger partial charge in [-0.15, -0.1) is 46.8 Å². The van der Waals surface area contributed by atoms with Crippen molar-refractivity contribution in [2.75, 3.05) is 0 Å². The van der Waals surface area contributed by atoms with E-state index >= 15 is 0 Å². The van der Waals surface area contributed by atoms with Crippen molar-refractivity contribution in [2.45, 2.75) is 33.9 Å². The SMILES string of the molecule is [2H]C([2H])([2H])c1c[c-]c(-c2ccc(C([2H])([2H])[2H])cn2)cc1.[2H]C([2H])(c1ccc2s[c-]c(-c3nc4ccccc4n3-c3ccc(-c4ccccc4)cc3)c2c1)C(C)C.[Ir]. The van der Waals surface area contributed by atoms with Gasteiger partial charge in [0.25, 0.3) is 0 Å². The Balaban J connectivity index is 0.000000223. The average molecular weight is 840 g/mol. The summed E-state index contributed by atoms with van der Waals surface area (Å²) in [6, 6.07) is 43.4. The largest absolute Gasteiger partial charge is 0.333 e. The number of hydrogen-bond donors (Lipinski definition) is 0. The molecule has 5 heteroatoms.